The van der Waals surface area contributed by atoms with Crippen molar-refractivity contribution in [2.24, 2.45) is 17.8 Å². The van der Waals surface area contributed by atoms with Crippen molar-refractivity contribution in [2.75, 3.05) is 19.6 Å². The van der Waals surface area contributed by atoms with E-state index in [0.717, 1.165) is 24.3 Å². The van der Waals surface area contributed by atoms with E-state index in [2.05, 4.69) is 54.4 Å². The SMILES string of the molecule is CC(C)C1CC(NCc2ccccc2)CN(CC2CC2)C1. The van der Waals surface area contributed by atoms with Gasteiger partial charge in [-0.05, 0) is 42.6 Å². The first-order valence-corrected chi connectivity index (χ1v) is 8.70. The highest BCUT2D eigenvalue weighted by Gasteiger charge is 2.32. The molecule has 1 aromatic carbocycles. The number of rotatable bonds is 6. The van der Waals surface area contributed by atoms with Crippen molar-refractivity contribution in [3.05, 3.63) is 35.9 Å². The minimum Gasteiger partial charge on any atom is -0.309 e. The lowest BCUT2D eigenvalue weighted by atomic mass is 9.85. The first-order valence-electron chi connectivity index (χ1n) is 8.70. The Morgan fingerprint density at radius 2 is 1.90 bits per heavy atom. The van der Waals surface area contributed by atoms with Crippen LogP contribution in [-0.2, 0) is 6.54 Å². The molecule has 21 heavy (non-hydrogen) atoms. The van der Waals surface area contributed by atoms with Crippen LogP contribution in [0, 0.1) is 17.8 Å². The molecule has 0 radical (unpaired) electrons. The van der Waals surface area contributed by atoms with Gasteiger partial charge in [-0.1, -0.05) is 44.2 Å². The second kappa shape index (κ2) is 6.93. The average Bonchev–Trinajstić information content (AvgIpc) is 3.30. The van der Waals surface area contributed by atoms with E-state index < -0.39 is 0 Å². The maximum Gasteiger partial charge on any atom is 0.0208 e. The van der Waals surface area contributed by atoms with Crippen molar-refractivity contribution < 1.29 is 0 Å². The van der Waals surface area contributed by atoms with Gasteiger partial charge in [-0.25, -0.2) is 0 Å². The standard InChI is InChI=1S/C19H30N2/c1-15(2)18-10-19(14-21(13-18)12-17-8-9-17)20-11-16-6-4-3-5-7-16/h3-7,15,17-20H,8-14H2,1-2H3. The quantitative estimate of drug-likeness (QED) is 0.860. The molecule has 2 atom stereocenters. The predicted molar refractivity (Wildman–Crippen MR) is 89.2 cm³/mol. The Hall–Kier alpha value is -0.860. The molecule has 1 aromatic rings. The minimum atomic E-state index is 0.658. The number of nitrogens with zero attached hydrogens (tertiary/aromatic N) is 1. The van der Waals surface area contributed by atoms with Gasteiger partial charge in [0.1, 0.15) is 0 Å². The first-order chi connectivity index (χ1) is 10.2. The second-order valence-corrected chi connectivity index (χ2v) is 7.47. The van der Waals surface area contributed by atoms with Crippen LogP contribution >= 0.6 is 0 Å². The maximum absolute atomic E-state index is 3.80. The molecule has 116 valence electrons. The lowest BCUT2D eigenvalue weighted by molar-refractivity contribution is 0.111. The molecule has 1 aliphatic heterocycles. The molecule has 3 rings (SSSR count). The third-order valence-electron chi connectivity index (χ3n) is 5.15. The summed E-state index contributed by atoms with van der Waals surface area (Å²) in [6, 6.07) is 11.5. The van der Waals surface area contributed by atoms with Gasteiger partial charge in [-0.2, -0.15) is 0 Å². The Labute approximate surface area is 129 Å². The number of hydrogen-bond acceptors (Lipinski definition) is 2. The smallest absolute Gasteiger partial charge is 0.0208 e. The molecule has 2 unspecified atom stereocenters. The molecule has 0 bridgehead atoms. The summed E-state index contributed by atoms with van der Waals surface area (Å²) >= 11 is 0. The van der Waals surface area contributed by atoms with Crippen molar-refractivity contribution in [3.63, 3.8) is 0 Å². The van der Waals surface area contributed by atoms with Crippen LogP contribution < -0.4 is 5.32 Å². The van der Waals surface area contributed by atoms with Gasteiger partial charge in [0.2, 0.25) is 0 Å². The Balaban J connectivity index is 1.54. The highest BCUT2D eigenvalue weighted by molar-refractivity contribution is 5.14. The van der Waals surface area contributed by atoms with Gasteiger partial charge in [0, 0.05) is 32.2 Å². The van der Waals surface area contributed by atoms with Crippen LogP contribution in [0.4, 0.5) is 0 Å². The van der Waals surface area contributed by atoms with E-state index in [1.54, 1.807) is 0 Å². The van der Waals surface area contributed by atoms with Gasteiger partial charge in [0.05, 0.1) is 0 Å². The first kappa shape index (κ1) is 15.1. The molecular formula is C19H30N2. The van der Waals surface area contributed by atoms with E-state index in [-0.39, 0.29) is 0 Å². The molecule has 1 saturated heterocycles. The predicted octanol–water partition coefficient (Wildman–Crippen LogP) is 3.53. The topological polar surface area (TPSA) is 15.3 Å². The summed E-state index contributed by atoms with van der Waals surface area (Å²) in [5.74, 6) is 2.66. The highest BCUT2D eigenvalue weighted by atomic mass is 15.2. The van der Waals surface area contributed by atoms with E-state index in [1.807, 2.05) is 0 Å². The van der Waals surface area contributed by atoms with E-state index in [0.29, 0.717) is 6.04 Å². The van der Waals surface area contributed by atoms with Gasteiger partial charge in [-0.15, -0.1) is 0 Å². The average molecular weight is 286 g/mol. The third-order valence-corrected chi connectivity index (χ3v) is 5.15. The van der Waals surface area contributed by atoms with Crippen LogP contribution in [0.15, 0.2) is 30.3 Å². The lowest BCUT2D eigenvalue weighted by Gasteiger charge is -2.40. The molecule has 2 aliphatic rings. The third kappa shape index (κ3) is 4.55. The largest absolute Gasteiger partial charge is 0.309 e. The van der Waals surface area contributed by atoms with Crippen LogP contribution in [0.5, 0.6) is 0 Å². The molecule has 2 nitrogen and oxygen atoms in total. The van der Waals surface area contributed by atoms with Crippen molar-refractivity contribution in [2.45, 2.75) is 45.7 Å². The van der Waals surface area contributed by atoms with Crippen LogP contribution in [0.25, 0.3) is 0 Å². The fourth-order valence-electron chi connectivity index (χ4n) is 3.54. The fraction of sp³-hybridized carbons (Fsp3) is 0.684. The Bertz CT molecular complexity index is 424. The number of likely N-dealkylation sites (tertiary alicyclic amines) is 1. The molecule has 2 fully saturated rings. The number of hydrogen-bond donors (Lipinski definition) is 1. The van der Waals surface area contributed by atoms with Crippen LogP contribution in [0.3, 0.4) is 0 Å². The Morgan fingerprint density at radius 3 is 2.57 bits per heavy atom. The van der Waals surface area contributed by atoms with Crippen LogP contribution in [0.1, 0.15) is 38.7 Å². The summed E-state index contributed by atoms with van der Waals surface area (Å²) in [4.78, 5) is 2.73. The molecule has 0 aromatic heterocycles. The molecule has 1 aliphatic carbocycles. The van der Waals surface area contributed by atoms with E-state index in [4.69, 9.17) is 0 Å². The van der Waals surface area contributed by atoms with Crippen molar-refractivity contribution in [1.29, 1.82) is 0 Å². The van der Waals surface area contributed by atoms with Gasteiger partial charge in [0.15, 0.2) is 0 Å². The van der Waals surface area contributed by atoms with Crippen LogP contribution in [-0.4, -0.2) is 30.6 Å². The number of nitrogens with one attached hydrogen (secondary N) is 1. The summed E-state index contributed by atoms with van der Waals surface area (Å²) in [5, 5.41) is 3.80. The number of benzene rings is 1. The van der Waals surface area contributed by atoms with Crippen LogP contribution in [0.2, 0.25) is 0 Å². The van der Waals surface area contributed by atoms with Crippen molar-refractivity contribution in [3.8, 4) is 0 Å². The van der Waals surface area contributed by atoms with Crippen molar-refractivity contribution >= 4 is 0 Å². The van der Waals surface area contributed by atoms with E-state index in [9.17, 15) is 0 Å². The summed E-state index contributed by atoms with van der Waals surface area (Å²) in [5.41, 5.74) is 1.40. The molecule has 1 N–H and O–H groups in total. The van der Waals surface area contributed by atoms with E-state index in [1.165, 1.54) is 44.5 Å². The zero-order valence-corrected chi connectivity index (χ0v) is 13.6. The summed E-state index contributed by atoms with van der Waals surface area (Å²) in [6.07, 6.45) is 4.27. The summed E-state index contributed by atoms with van der Waals surface area (Å²) in [6.45, 7) is 9.68. The van der Waals surface area contributed by atoms with Gasteiger partial charge in [0.25, 0.3) is 0 Å². The zero-order chi connectivity index (χ0) is 14.7. The summed E-state index contributed by atoms with van der Waals surface area (Å²) in [7, 11) is 0. The Morgan fingerprint density at radius 1 is 1.14 bits per heavy atom. The normalized spacial score (nSPS) is 27.2. The van der Waals surface area contributed by atoms with E-state index >= 15 is 0 Å². The molecule has 2 heteroatoms. The fourth-order valence-corrected chi connectivity index (χ4v) is 3.54. The van der Waals surface area contributed by atoms with Gasteiger partial charge >= 0.3 is 0 Å². The highest BCUT2D eigenvalue weighted by Crippen LogP contribution is 2.32. The second-order valence-electron chi connectivity index (χ2n) is 7.47. The maximum atomic E-state index is 3.80. The van der Waals surface area contributed by atoms with Gasteiger partial charge < -0.3 is 10.2 Å². The summed E-state index contributed by atoms with van der Waals surface area (Å²) < 4.78 is 0. The molecule has 0 amide bonds. The zero-order valence-electron chi connectivity index (χ0n) is 13.6. The molecule has 1 heterocycles. The molecule has 0 spiro atoms. The van der Waals surface area contributed by atoms with Crippen molar-refractivity contribution in [1.82, 2.24) is 10.2 Å². The Kier molecular flexibility index (Phi) is 4.97. The minimum absolute atomic E-state index is 0.658. The van der Waals surface area contributed by atoms with Gasteiger partial charge in [-0.3, -0.25) is 0 Å². The monoisotopic (exact) mass is 286 g/mol. The lowest BCUT2D eigenvalue weighted by Crippen LogP contribution is -2.50. The number of piperidine rings is 1. The molecular weight excluding hydrogens is 256 g/mol. The molecule has 1 saturated carbocycles.